The second-order valence-corrected chi connectivity index (χ2v) is 5.56. The number of carbonyl (C=O) groups excluding carboxylic acids is 2. The largest absolute Gasteiger partial charge is 0.455 e. The van der Waals surface area contributed by atoms with Crippen LogP contribution in [0.25, 0.3) is 0 Å². The van der Waals surface area contributed by atoms with E-state index in [2.05, 4.69) is 5.32 Å². The van der Waals surface area contributed by atoms with Gasteiger partial charge in [-0.1, -0.05) is 42.5 Å². The lowest BCUT2D eigenvalue weighted by Crippen LogP contribution is -2.28. The van der Waals surface area contributed by atoms with Crippen molar-refractivity contribution in [1.82, 2.24) is 5.32 Å². The number of benzene rings is 2. The number of rotatable bonds is 7. The molecule has 0 saturated carbocycles. The Kier molecular flexibility index (Phi) is 6.98. The summed E-state index contributed by atoms with van der Waals surface area (Å²) in [4.78, 5) is 23.6. The van der Waals surface area contributed by atoms with Gasteiger partial charge in [-0.15, -0.1) is 0 Å². The van der Waals surface area contributed by atoms with Gasteiger partial charge in [-0.2, -0.15) is 0 Å². The van der Waals surface area contributed by atoms with E-state index in [4.69, 9.17) is 15.2 Å². The Morgan fingerprint density at radius 3 is 2.52 bits per heavy atom. The Labute approximate surface area is 146 Å². The SMILES string of the molecule is CC(COC(=O)NCc1cccc(CN)c1)OC(=O)c1ccccc1. The van der Waals surface area contributed by atoms with Gasteiger partial charge < -0.3 is 20.5 Å². The lowest BCUT2D eigenvalue weighted by atomic mass is 10.1. The van der Waals surface area contributed by atoms with Crippen LogP contribution in [-0.4, -0.2) is 24.8 Å². The van der Waals surface area contributed by atoms with Crippen LogP contribution in [0.5, 0.6) is 0 Å². The molecule has 6 nitrogen and oxygen atoms in total. The molecule has 0 bridgehead atoms. The van der Waals surface area contributed by atoms with Crippen molar-refractivity contribution in [3.8, 4) is 0 Å². The number of amides is 1. The molecule has 2 aromatic rings. The molecule has 0 radical (unpaired) electrons. The van der Waals surface area contributed by atoms with Gasteiger partial charge in [0.2, 0.25) is 0 Å². The average Bonchev–Trinajstić information content (AvgIpc) is 2.65. The van der Waals surface area contributed by atoms with Crippen molar-refractivity contribution in [3.05, 3.63) is 71.3 Å². The lowest BCUT2D eigenvalue weighted by Gasteiger charge is -2.14. The molecule has 3 N–H and O–H groups in total. The van der Waals surface area contributed by atoms with Crippen molar-refractivity contribution in [2.24, 2.45) is 5.73 Å². The highest BCUT2D eigenvalue weighted by atomic mass is 16.6. The highest BCUT2D eigenvalue weighted by Gasteiger charge is 2.13. The van der Waals surface area contributed by atoms with Crippen LogP contribution < -0.4 is 11.1 Å². The minimum Gasteiger partial charge on any atom is -0.455 e. The van der Waals surface area contributed by atoms with Gasteiger partial charge in [0.05, 0.1) is 5.56 Å². The van der Waals surface area contributed by atoms with Crippen LogP contribution in [0.2, 0.25) is 0 Å². The summed E-state index contributed by atoms with van der Waals surface area (Å²) >= 11 is 0. The summed E-state index contributed by atoms with van der Waals surface area (Å²) in [6.07, 6.45) is -1.11. The molecule has 2 rings (SSSR count). The molecule has 2 aromatic carbocycles. The Hall–Kier alpha value is -2.86. The van der Waals surface area contributed by atoms with E-state index in [1.807, 2.05) is 30.3 Å². The number of nitrogens with one attached hydrogen (secondary N) is 1. The van der Waals surface area contributed by atoms with Gasteiger partial charge in [0.1, 0.15) is 12.7 Å². The van der Waals surface area contributed by atoms with E-state index in [1.165, 1.54) is 0 Å². The van der Waals surface area contributed by atoms with Crippen molar-refractivity contribution in [1.29, 1.82) is 0 Å². The van der Waals surface area contributed by atoms with Crippen LogP contribution in [0.1, 0.15) is 28.4 Å². The molecule has 0 aromatic heterocycles. The van der Waals surface area contributed by atoms with Crippen LogP contribution >= 0.6 is 0 Å². The van der Waals surface area contributed by atoms with Gasteiger partial charge in [-0.25, -0.2) is 9.59 Å². The first-order valence-corrected chi connectivity index (χ1v) is 8.03. The van der Waals surface area contributed by atoms with Gasteiger partial charge in [-0.05, 0) is 30.2 Å². The van der Waals surface area contributed by atoms with E-state index < -0.39 is 18.2 Å². The lowest BCUT2D eigenvalue weighted by molar-refractivity contribution is 0.0151. The Morgan fingerprint density at radius 2 is 1.80 bits per heavy atom. The van der Waals surface area contributed by atoms with Crippen molar-refractivity contribution in [3.63, 3.8) is 0 Å². The van der Waals surface area contributed by atoms with Crippen LogP contribution in [0.3, 0.4) is 0 Å². The third-order valence-corrected chi connectivity index (χ3v) is 3.43. The zero-order chi connectivity index (χ0) is 18.1. The summed E-state index contributed by atoms with van der Waals surface area (Å²) < 4.78 is 10.3. The predicted molar refractivity (Wildman–Crippen MR) is 93.8 cm³/mol. The minimum atomic E-state index is -0.569. The molecule has 0 aliphatic heterocycles. The molecule has 6 heteroatoms. The first kappa shape index (κ1) is 18.5. The maximum absolute atomic E-state index is 11.9. The zero-order valence-corrected chi connectivity index (χ0v) is 14.1. The number of nitrogens with two attached hydrogens (primary N) is 1. The predicted octanol–water partition coefficient (Wildman–Crippen LogP) is 2.62. The Balaban J connectivity index is 1.71. The normalized spacial score (nSPS) is 11.4. The van der Waals surface area contributed by atoms with Crippen molar-refractivity contribution in [2.45, 2.75) is 26.1 Å². The fourth-order valence-corrected chi connectivity index (χ4v) is 2.14. The number of carbonyl (C=O) groups is 2. The summed E-state index contributed by atoms with van der Waals surface area (Å²) in [7, 11) is 0. The highest BCUT2D eigenvalue weighted by Crippen LogP contribution is 2.06. The molecule has 0 saturated heterocycles. The third-order valence-electron chi connectivity index (χ3n) is 3.43. The summed E-state index contributed by atoms with van der Waals surface area (Å²) in [6.45, 7) is 2.43. The van der Waals surface area contributed by atoms with E-state index in [1.54, 1.807) is 31.2 Å². The molecule has 0 aliphatic carbocycles. The van der Waals surface area contributed by atoms with E-state index in [0.29, 0.717) is 18.7 Å². The zero-order valence-electron chi connectivity index (χ0n) is 14.1. The van der Waals surface area contributed by atoms with Crippen molar-refractivity contribution in [2.75, 3.05) is 6.61 Å². The number of esters is 1. The van der Waals surface area contributed by atoms with Crippen molar-refractivity contribution >= 4 is 12.1 Å². The second-order valence-electron chi connectivity index (χ2n) is 5.56. The third kappa shape index (κ3) is 6.27. The van der Waals surface area contributed by atoms with E-state index in [0.717, 1.165) is 11.1 Å². The first-order valence-electron chi connectivity index (χ1n) is 8.03. The second kappa shape index (κ2) is 9.44. The van der Waals surface area contributed by atoms with Gasteiger partial charge in [0.25, 0.3) is 0 Å². The molecular formula is C19H22N2O4. The number of hydrogen-bond donors (Lipinski definition) is 2. The van der Waals surface area contributed by atoms with E-state index in [9.17, 15) is 9.59 Å². The molecule has 1 amide bonds. The summed E-state index contributed by atoms with van der Waals surface area (Å²) in [5.41, 5.74) is 7.97. The van der Waals surface area contributed by atoms with Gasteiger partial charge in [0.15, 0.2) is 0 Å². The summed E-state index contributed by atoms with van der Waals surface area (Å²) in [6, 6.07) is 16.3. The number of alkyl carbamates (subject to hydrolysis) is 1. The topological polar surface area (TPSA) is 90.7 Å². The maximum atomic E-state index is 11.9. The molecule has 1 unspecified atom stereocenters. The Morgan fingerprint density at radius 1 is 1.08 bits per heavy atom. The molecule has 0 fully saturated rings. The molecule has 1 atom stereocenters. The van der Waals surface area contributed by atoms with Crippen LogP contribution in [0, 0.1) is 0 Å². The fourth-order valence-electron chi connectivity index (χ4n) is 2.14. The van der Waals surface area contributed by atoms with Crippen molar-refractivity contribution < 1.29 is 19.1 Å². The smallest absolute Gasteiger partial charge is 0.407 e. The minimum absolute atomic E-state index is 0.0206. The molecular weight excluding hydrogens is 320 g/mol. The maximum Gasteiger partial charge on any atom is 0.407 e. The Bertz CT molecular complexity index is 704. The number of hydrogen-bond acceptors (Lipinski definition) is 5. The quantitative estimate of drug-likeness (QED) is 0.755. The highest BCUT2D eigenvalue weighted by molar-refractivity contribution is 5.89. The molecule has 0 heterocycles. The van der Waals surface area contributed by atoms with Gasteiger partial charge >= 0.3 is 12.1 Å². The average molecular weight is 342 g/mol. The van der Waals surface area contributed by atoms with Crippen LogP contribution in [0.15, 0.2) is 54.6 Å². The van der Waals surface area contributed by atoms with E-state index >= 15 is 0 Å². The van der Waals surface area contributed by atoms with Gasteiger partial charge in [0, 0.05) is 13.1 Å². The van der Waals surface area contributed by atoms with Gasteiger partial charge in [-0.3, -0.25) is 0 Å². The van der Waals surface area contributed by atoms with E-state index in [-0.39, 0.29) is 6.61 Å². The standard InChI is InChI=1S/C19H22N2O4/c1-14(25-18(22)17-8-3-2-4-9-17)13-24-19(23)21-12-16-7-5-6-15(10-16)11-20/h2-10,14H,11-13,20H2,1H3,(H,21,23). The molecule has 25 heavy (non-hydrogen) atoms. The monoisotopic (exact) mass is 342 g/mol. The molecule has 0 spiro atoms. The summed E-state index contributed by atoms with van der Waals surface area (Å²) in [5.74, 6) is -0.448. The number of ether oxygens (including phenoxy) is 2. The van der Waals surface area contributed by atoms with Crippen LogP contribution in [0.4, 0.5) is 4.79 Å². The molecule has 0 aliphatic rings. The summed E-state index contributed by atoms with van der Waals surface area (Å²) in [5, 5.41) is 2.65. The fraction of sp³-hybridized carbons (Fsp3) is 0.263. The van der Waals surface area contributed by atoms with Crippen LogP contribution in [-0.2, 0) is 22.6 Å². The molecule has 132 valence electrons. The first-order chi connectivity index (χ1) is 12.1.